The van der Waals surface area contributed by atoms with Gasteiger partial charge in [-0.3, -0.25) is 18.8 Å². The van der Waals surface area contributed by atoms with Gasteiger partial charge in [-0.2, -0.15) is 5.10 Å². The van der Waals surface area contributed by atoms with Crippen molar-refractivity contribution in [3.63, 3.8) is 0 Å². The minimum Gasteiger partial charge on any atom is -0.327 e. The van der Waals surface area contributed by atoms with Crippen LogP contribution in [0.4, 0.5) is 0 Å². The number of fused-ring (bicyclic) bond motifs is 1. The molecule has 4 heterocycles. The van der Waals surface area contributed by atoms with Gasteiger partial charge in [0.05, 0.1) is 11.7 Å². The summed E-state index contributed by atoms with van der Waals surface area (Å²) < 4.78 is 3.54. The van der Waals surface area contributed by atoms with Crippen LogP contribution in [0, 0.1) is 6.92 Å². The summed E-state index contributed by atoms with van der Waals surface area (Å²) in [5.41, 5.74) is 3.28. The van der Waals surface area contributed by atoms with Crippen LogP contribution in [0.15, 0.2) is 29.5 Å². The van der Waals surface area contributed by atoms with Crippen molar-refractivity contribution in [2.24, 2.45) is 0 Å². The third-order valence-electron chi connectivity index (χ3n) is 5.13. The molecular weight excluding hydrogens is 316 g/mol. The summed E-state index contributed by atoms with van der Waals surface area (Å²) in [6.45, 7) is 6.94. The van der Waals surface area contributed by atoms with Gasteiger partial charge in [0.2, 0.25) is 5.78 Å². The third kappa shape index (κ3) is 3.00. The fourth-order valence-corrected chi connectivity index (χ4v) is 3.75. The zero-order valence-electron chi connectivity index (χ0n) is 14.8. The number of piperidine rings is 1. The Kier molecular flexibility index (Phi) is 4.17. The predicted octanol–water partition coefficient (Wildman–Crippen LogP) is 2.27. The van der Waals surface area contributed by atoms with Crippen molar-refractivity contribution in [1.82, 2.24) is 29.0 Å². The molecule has 0 bridgehead atoms. The number of hydrogen-bond acceptors (Lipinski definition) is 4. The Balaban J connectivity index is 1.65. The number of aryl methyl sites for hydroxylation is 2. The highest BCUT2D eigenvalue weighted by atomic mass is 16.1. The summed E-state index contributed by atoms with van der Waals surface area (Å²) >= 11 is 0. The van der Waals surface area contributed by atoms with Crippen molar-refractivity contribution in [2.45, 2.75) is 52.2 Å². The van der Waals surface area contributed by atoms with Gasteiger partial charge in [0.15, 0.2) is 0 Å². The molecule has 1 aliphatic rings. The van der Waals surface area contributed by atoms with E-state index >= 15 is 0 Å². The number of nitrogens with one attached hydrogen (secondary N) is 1. The number of imidazole rings is 1. The van der Waals surface area contributed by atoms with E-state index < -0.39 is 0 Å². The van der Waals surface area contributed by atoms with Crippen molar-refractivity contribution in [3.05, 3.63) is 52.0 Å². The number of hydrogen-bond donors (Lipinski definition) is 1. The van der Waals surface area contributed by atoms with Gasteiger partial charge in [0.1, 0.15) is 0 Å². The van der Waals surface area contributed by atoms with E-state index in [-0.39, 0.29) is 11.6 Å². The largest absolute Gasteiger partial charge is 0.327 e. The van der Waals surface area contributed by atoms with Crippen molar-refractivity contribution >= 4 is 5.78 Å². The molecule has 0 saturated carbocycles. The lowest BCUT2D eigenvalue weighted by molar-refractivity contribution is 0.137. The molecule has 7 nitrogen and oxygen atoms in total. The van der Waals surface area contributed by atoms with Gasteiger partial charge < -0.3 is 4.98 Å². The first-order chi connectivity index (χ1) is 12.2. The van der Waals surface area contributed by atoms with Crippen LogP contribution in [0.25, 0.3) is 5.78 Å². The molecule has 3 aromatic rings. The van der Waals surface area contributed by atoms with Crippen molar-refractivity contribution in [3.8, 4) is 0 Å². The van der Waals surface area contributed by atoms with Gasteiger partial charge >= 0.3 is 0 Å². The first-order valence-corrected chi connectivity index (χ1v) is 8.99. The maximum absolute atomic E-state index is 12.3. The molecule has 1 fully saturated rings. The van der Waals surface area contributed by atoms with Gasteiger partial charge in [0.25, 0.3) is 5.56 Å². The number of nitrogens with zero attached hydrogens (tertiary/aromatic N) is 5. The lowest BCUT2D eigenvalue weighted by Crippen LogP contribution is -2.34. The molecule has 1 aliphatic heterocycles. The fourth-order valence-electron chi connectivity index (χ4n) is 3.75. The van der Waals surface area contributed by atoms with Gasteiger partial charge in [-0.1, -0.05) is 6.42 Å². The van der Waals surface area contributed by atoms with Crippen molar-refractivity contribution in [1.29, 1.82) is 0 Å². The maximum Gasteiger partial charge on any atom is 0.259 e. The van der Waals surface area contributed by atoms with Gasteiger partial charge in [-0.25, -0.2) is 4.98 Å². The molecule has 0 aromatic carbocycles. The van der Waals surface area contributed by atoms with Crippen LogP contribution in [0.2, 0.25) is 0 Å². The summed E-state index contributed by atoms with van der Waals surface area (Å²) in [7, 11) is 0. The van der Waals surface area contributed by atoms with Crippen molar-refractivity contribution < 1.29 is 0 Å². The summed E-state index contributed by atoms with van der Waals surface area (Å²) in [4.78, 5) is 22.4. The minimum atomic E-state index is -0.0262. The molecule has 7 heteroatoms. The van der Waals surface area contributed by atoms with Crippen LogP contribution >= 0.6 is 0 Å². The highest BCUT2D eigenvalue weighted by Gasteiger charge is 2.26. The molecular formula is C18H24N6O. The Labute approximate surface area is 146 Å². The Bertz CT molecular complexity index is 937. The standard InChI is InChI=1S/C18H24N6O/c1-3-23-12-14(13(2)21-23)11-22-8-5-4-6-16(22)15-10-17(25)24-9-7-19-18(24)20-15/h7,9-10,12,16H,3-6,8,11H2,1-2H3,(H,19,20)/t16-/m1/s1. The van der Waals surface area contributed by atoms with Crippen molar-refractivity contribution in [2.75, 3.05) is 6.54 Å². The smallest absolute Gasteiger partial charge is 0.259 e. The summed E-state index contributed by atoms with van der Waals surface area (Å²) in [5, 5.41) is 4.56. The maximum atomic E-state index is 12.3. The number of aromatic nitrogens is 5. The van der Waals surface area contributed by atoms with Crippen LogP contribution < -0.4 is 5.56 Å². The van der Waals surface area contributed by atoms with Gasteiger partial charge in [-0.05, 0) is 33.2 Å². The number of H-pyrrole nitrogens is 1. The number of rotatable bonds is 4. The average Bonchev–Trinajstić information content (AvgIpc) is 3.22. The molecule has 0 spiro atoms. The lowest BCUT2D eigenvalue weighted by atomic mass is 9.98. The zero-order chi connectivity index (χ0) is 17.4. The second-order valence-electron chi connectivity index (χ2n) is 6.76. The Hall–Kier alpha value is -2.41. The summed E-state index contributed by atoms with van der Waals surface area (Å²) in [6.07, 6.45) is 8.90. The molecule has 0 unspecified atom stereocenters. The average molecular weight is 340 g/mol. The molecule has 132 valence electrons. The molecule has 1 N–H and O–H groups in total. The van der Waals surface area contributed by atoms with E-state index in [1.54, 1.807) is 22.9 Å². The fraction of sp³-hybridized carbons (Fsp3) is 0.500. The van der Waals surface area contributed by atoms with Crippen LogP contribution in [0.5, 0.6) is 0 Å². The molecule has 1 atom stereocenters. The summed E-state index contributed by atoms with van der Waals surface area (Å²) in [6, 6.07) is 1.94. The first kappa shape index (κ1) is 16.1. The van der Waals surface area contributed by atoms with Crippen LogP contribution in [0.3, 0.4) is 0 Å². The molecule has 4 rings (SSSR count). The van der Waals surface area contributed by atoms with E-state index in [0.29, 0.717) is 5.78 Å². The van der Waals surface area contributed by atoms with E-state index in [9.17, 15) is 4.79 Å². The predicted molar refractivity (Wildman–Crippen MR) is 95.5 cm³/mol. The van der Waals surface area contributed by atoms with Gasteiger partial charge in [-0.15, -0.1) is 0 Å². The topological polar surface area (TPSA) is 71.2 Å². The third-order valence-corrected chi connectivity index (χ3v) is 5.13. The van der Waals surface area contributed by atoms with E-state index in [4.69, 9.17) is 0 Å². The highest BCUT2D eigenvalue weighted by Crippen LogP contribution is 2.31. The summed E-state index contributed by atoms with van der Waals surface area (Å²) in [5.74, 6) is 0.614. The second kappa shape index (κ2) is 6.48. The van der Waals surface area contributed by atoms with Crippen LogP contribution in [-0.2, 0) is 13.1 Å². The van der Waals surface area contributed by atoms with E-state index in [0.717, 1.165) is 37.4 Å². The SMILES string of the molecule is CCn1cc(CN2CCCC[C@@H]2c2cc(=O)n3ccnc3[nH]2)c(C)n1. The quantitative estimate of drug-likeness (QED) is 0.791. The van der Waals surface area contributed by atoms with Gasteiger partial charge in [0, 0.05) is 49.0 Å². The highest BCUT2D eigenvalue weighted by molar-refractivity contribution is 5.30. The second-order valence-corrected chi connectivity index (χ2v) is 6.76. The normalized spacial score (nSPS) is 18.9. The Morgan fingerprint density at radius 1 is 1.36 bits per heavy atom. The van der Waals surface area contributed by atoms with Crippen LogP contribution in [-0.4, -0.2) is 35.6 Å². The first-order valence-electron chi connectivity index (χ1n) is 8.99. The van der Waals surface area contributed by atoms with Crippen LogP contribution in [0.1, 0.15) is 49.2 Å². The molecule has 0 radical (unpaired) electrons. The molecule has 1 saturated heterocycles. The Morgan fingerprint density at radius 2 is 2.24 bits per heavy atom. The van der Waals surface area contributed by atoms with E-state index in [1.165, 1.54) is 18.4 Å². The molecule has 0 aliphatic carbocycles. The number of likely N-dealkylation sites (tertiary alicyclic amines) is 1. The zero-order valence-corrected chi connectivity index (χ0v) is 14.8. The minimum absolute atomic E-state index is 0.0262. The molecule has 0 amide bonds. The van der Waals surface area contributed by atoms with E-state index in [1.807, 2.05) is 4.68 Å². The number of aromatic amines is 1. The Morgan fingerprint density at radius 3 is 3.04 bits per heavy atom. The monoisotopic (exact) mass is 340 g/mol. The molecule has 3 aromatic heterocycles. The van der Waals surface area contributed by atoms with E-state index in [2.05, 4.69) is 40.0 Å². The lowest BCUT2D eigenvalue weighted by Gasteiger charge is -2.35. The molecule has 25 heavy (non-hydrogen) atoms.